The number of Topliss-reactive ketones (excluding diaryl/α,β-unsaturated/α-hetero) is 1. The predicted molar refractivity (Wildman–Crippen MR) is 151 cm³/mol. The fourth-order valence-electron chi connectivity index (χ4n) is 5.61. The standard InChI is InChI=1S/C27H25ClFIN6O2/c1-14-6-16(7-15(2)36(14)27-22(30)8-17(29)10-33-27)24(37)20-11-35(18-12-38-13-18)26-19(20)9-21(28)23(34-26)25-31-4-3-5-32-25/h3-5,8-11,14-16,18H,6-7,12-13H2,1-2H3/t14-,15-/m1/s1. The first kappa shape index (κ1) is 25.6. The van der Waals surface area contributed by atoms with E-state index in [1.165, 1.54) is 12.3 Å². The average molecular weight is 647 g/mol. The van der Waals surface area contributed by atoms with E-state index < -0.39 is 0 Å². The highest BCUT2D eigenvalue weighted by atomic mass is 127. The van der Waals surface area contributed by atoms with Crippen molar-refractivity contribution in [3.8, 4) is 11.5 Å². The molecule has 0 unspecified atom stereocenters. The van der Waals surface area contributed by atoms with E-state index in [1.807, 2.05) is 16.8 Å². The Morgan fingerprint density at radius 2 is 1.84 bits per heavy atom. The molecule has 4 aromatic heterocycles. The molecule has 6 rings (SSSR count). The first-order valence-electron chi connectivity index (χ1n) is 12.5. The van der Waals surface area contributed by atoms with Gasteiger partial charge in [0, 0.05) is 47.5 Å². The van der Waals surface area contributed by atoms with Crippen LogP contribution in [0.25, 0.3) is 22.6 Å². The monoisotopic (exact) mass is 646 g/mol. The third-order valence-corrected chi connectivity index (χ3v) is 8.50. The lowest BCUT2D eigenvalue weighted by Crippen LogP contribution is -2.49. The van der Waals surface area contributed by atoms with Gasteiger partial charge in [0.1, 0.15) is 23.0 Å². The third-order valence-electron chi connectivity index (χ3n) is 7.42. The van der Waals surface area contributed by atoms with Gasteiger partial charge in [-0.3, -0.25) is 4.79 Å². The van der Waals surface area contributed by atoms with Crippen LogP contribution in [0.2, 0.25) is 5.02 Å². The highest BCUT2D eigenvalue weighted by Gasteiger charge is 2.38. The molecule has 0 aliphatic carbocycles. The molecule has 6 heterocycles. The number of carbonyl (C=O) groups excluding carboxylic acids is 1. The normalized spacial score (nSPS) is 22.0. The Kier molecular flexibility index (Phi) is 6.81. The summed E-state index contributed by atoms with van der Waals surface area (Å²) in [5.41, 5.74) is 1.78. The van der Waals surface area contributed by atoms with Crippen molar-refractivity contribution in [3.63, 3.8) is 0 Å². The molecule has 38 heavy (non-hydrogen) atoms. The SMILES string of the molecule is C[C@@H]1CC(C(=O)c2cn(C3COC3)c3nc(-c4ncccn4)c(Cl)cc23)C[C@@H](C)N1c1ncc(F)cc1I. The van der Waals surface area contributed by atoms with Crippen LogP contribution in [0, 0.1) is 15.3 Å². The lowest BCUT2D eigenvalue weighted by molar-refractivity contribution is -0.0216. The Morgan fingerprint density at radius 1 is 1.13 bits per heavy atom. The van der Waals surface area contributed by atoms with E-state index in [4.69, 9.17) is 21.3 Å². The van der Waals surface area contributed by atoms with Crippen molar-refractivity contribution in [2.45, 2.75) is 44.8 Å². The molecule has 0 radical (unpaired) electrons. The van der Waals surface area contributed by atoms with E-state index in [9.17, 15) is 9.18 Å². The van der Waals surface area contributed by atoms with E-state index in [0.29, 0.717) is 53.8 Å². The summed E-state index contributed by atoms with van der Waals surface area (Å²) >= 11 is 8.79. The Hall–Kier alpha value is -2.70. The van der Waals surface area contributed by atoms with Crippen molar-refractivity contribution < 1.29 is 13.9 Å². The summed E-state index contributed by atoms with van der Waals surface area (Å²) in [7, 11) is 0. The van der Waals surface area contributed by atoms with Gasteiger partial charge in [0.15, 0.2) is 11.6 Å². The first-order valence-corrected chi connectivity index (χ1v) is 14.0. The van der Waals surface area contributed by atoms with Crippen molar-refractivity contribution in [1.82, 2.24) is 24.5 Å². The summed E-state index contributed by atoms with van der Waals surface area (Å²) in [6.07, 6.45) is 7.78. The van der Waals surface area contributed by atoms with Crippen LogP contribution < -0.4 is 4.90 Å². The highest BCUT2D eigenvalue weighted by Crippen LogP contribution is 2.38. The smallest absolute Gasteiger partial charge is 0.179 e. The minimum absolute atomic E-state index is 0.0519. The van der Waals surface area contributed by atoms with Gasteiger partial charge in [-0.1, -0.05) is 11.6 Å². The summed E-state index contributed by atoms with van der Waals surface area (Å²) in [4.78, 5) is 34.1. The second kappa shape index (κ2) is 10.1. The van der Waals surface area contributed by atoms with Crippen LogP contribution in [0.5, 0.6) is 0 Å². The van der Waals surface area contributed by atoms with Crippen molar-refractivity contribution in [2.24, 2.45) is 5.92 Å². The van der Waals surface area contributed by atoms with Gasteiger partial charge < -0.3 is 14.2 Å². The molecule has 0 aromatic carbocycles. The lowest BCUT2D eigenvalue weighted by atomic mass is 9.82. The molecule has 196 valence electrons. The molecule has 2 saturated heterocycles. The second-order valence-electron chi connectivity index (χ2n) is 10.0. The number of nitrogens with zero attached hydrogens (tertiary/aromatic N) is 6. The van der Waals surface area contributed by atoms with Gasteiger partial charge in [-0.2, -0.15) is 0 Å². The van der Waals surface area contributed by atoms with Crippen LogP contribution in [-0.4, -0.2) is 55.6 Å². The van der Waals surface area contributed by atoms with E-state index in [1.54, 1.807) is 18.5 Å². The predicted octanol–water partition coefficient (Wildman–Crippen LogP) is 5.73. The zero-order valence-corrected chi connectivity index (χ0v) is 23.7. The largest absolute Gasteiger partial charge is 0.377 e. The van der Waals surface area contributed by atoms with Crippen LogP contribution in [0.15, 0.2) is 43.0 Å². The minimum atomic E-state index is -0.356. The molecular formula is C27H25ClFIN6O2. The minimum Gasteiger partial charge on any atom is -0.377 e. The Morgan fingerprint density at radius 3 is 2.47 bits per heavy atom. The van der Waals surface area contributed by atoms with E-state index in [-0.39, 0.29) is 35.6 Å². The summed E-state index contributed by atoms with van der Waals surface area (Å²) in [5, 5.41) is 1.12. The van der Waals surface area contributed by atoms with E-state index >= 15 is 0 Å². The number of aromatic nitrogens is 5. The zero-order chi connectivity index (χ0) is 26.6. The molecule has 0 bridgehead atoms. The van der Waals surface area contributed by atoms with Gasteiger partial charge in [0.25, 0.3) is 0 Å². The number of hydrogen-bond donors (Lipinski definition) is 0. The lowest BCUT2D eigenvalue weighted by Gasteiger charge is -2.43. The molecule has 0 amide bonds. The quantitative estimate of drug-likeness (QED) is 0.202. The van der Waals surface area contributed by atoms with Crippen molar-refractivity contribution >= 4 is 56.8 Å². The van der Waals surface area contributed by atoms with Gasteiger partial charge in [-0.25, -0.2) is 24.3 Å². The number of fused-ring (bicyclic) bond motifs is 1. The number of carbonyl (C=O) groups is 1. The Labute approximate surface area is 237 Å². The fourth-order valence-corrected chi connectivity index (χ4v) is 6.56. The van der Waals surface area contributed by atoms with Crippen LogP contribution in [0.1, 0.15) is 43.1 Å². The van der Waals surface area contributed by atoms with E-state index in [2.05, 4.69) is 56.3 Å². The molecule has 0 saturated carbocycles. The first-order chi connectivity index (χ1) is 18.3. The maximum atomic E-state index is 14.0. The molecule has 2 fully saturated rings. The van der Waals surface area contributed by atoms with Crippen molar-refractivity contribution in [1.29, 1.82) is 0 Å². The number of ether oxygens (including phenoxy) is 1. The summed E-state index contributed by atoms with van der Waals surface area (Å²) in [6.45, 7) is 5.32. The molecule has 11 heteroatoms. The molecule has 8 nitrogen and oxygen atoms in total. The second-order valence-corrected chi connectivity index (χ2v) is 11.6. The summed E-state index contributed by atoms with van der Waals surface area (Å²) in [5.74, 6) is 0.735. The molecule has 0 N–H and O–H groups in total. The zero-order valence-electron chi connectivity index (χ0n) is 20.8. The molecule has 2 atom stereocenters. The number of pyridine rings is 2. The van der Waals surface area contributed by atoms with Gasteiger partial charge >= 0.3 is 0 Å². The van der Waals surface area contributed by atoms with E-state index in [0.717, 1.165) is 14.8 Å². The Bertz CT molecular complexity index is 1520. The number of halogens is 3. The number of anilines is 1. The van der Waals surface area contributed by atoms with Crippen LogP contribution >= 0.6 is 34.2 Å². The molecular weight excluding hydrogens is 622 g/mol. The van der Waals surface area contributed by atoms with Crippen LogP contribution in [0.3, 0.4) is 0 Å². The van der Waals surface area contributed by atoms with Crippen molar-refractivity contribution in [2.75, 3.05) is 18.1 Å². The van der Waals surface area contributed by atoms with Gasteiger partial charge in [-0.05, 0) is 67.5 Å². The van der Waals surface area contributed by atoms with Gasteiger partial charge in [-0.15, -0.1) is 0 Å². The summed E-state index contributed by atoms with van der Waals surface area (Å²) in [6, 6.07) is 5.24. The number of rotatable bonds is 5. The maximum absolute atomic E-state index is 14.0. The van der Waals surface area contributed by atoms with Crippen LogP contribution in [-0.2, 0) is 4.74 Å². The number of piperidine rings is 1. The summed E-state index contributed by atoms with van der Waals surface area (Å²) < 4.78 is 21.9. The maximum Gasteiger partial charge on any atom is 0.179 e. The average Bonchev–Trinajstić information content (AvgIpc) is 3.21. The number of ketones is 1. The number of hydrogen-bond acceptors (Lipinski definition) is 7. The fraction of sp³-hybridized carbons (Fsp3) is 0.370. The highest BCUT2D eigenvalue weighted by molar-refractivity contribution is 14.1. The molecule has 2 aliphatic rings. The third kappa shape index (κ3) is 4.46. The van der Waals surface area contributed by atoms with Gasteiger partial charge in [0.05, 0.1) is 34.0 Å². The Balaban J connectivity index is 1.35. The van der Waals surface area contributed by atoms with Crippen LogP contribution in [0.4, 0.5) is 10.2 Å². The molecule has 2 aliphatic heterocycles. The topological polar surface area (TPSA) is 86.0 Å². The molecule has 0 spiro atoms. The van der Waals surface area contributed by atoms with Crippen molar-refractivity contribution in [3.05, 3.63) is 63.0 Å². The molecule has 4 aromatic rings. The van der Waals surface area contributed by atoms with Gasteiger partial charge in [0.2, 0.25) is 0 Å².